The smallest absolute Gasteiger partial charge is 0.329 e. The zero-order valence-corrected chi connectivity index (χ0v) is 12.9. The molecule has 0 spiro atoms. The molecule has 21 heavy (non-hydrogen) atoms. The Morgan fingerprint density at radius 3 is 2.48 bits per heavy atom. The van der Waals surface area contributed by atoms with Gasteiger partial charge in [0.2, 0.25) is 5.91 Å². The lowest BCUT2D eigenvalue weighted by molar-refractivity contribution is -0.144. The minimum Gasteiger partial charge on any atom is -0.467 e. The Morgan fingerprint density at radius 2 is 1.90 bits per heavy atom. The van der Waals surface area contributed by atoms with Crippen LogP contribution in [-0.4, -0.2) is 38.1 Å². The molecule has 1 aromatic rings. The molecule has 0 saturated carbocycles. The summed E-state index contributed by atoms with van der Waals surface area (Å²) in [5.74, 6) is -0.241. The van der Waals surface area contributed by atoms with E-state index < -0.39 is 12.0 Å². The Bertz CT molecular complexity index is 448. The van der Waals surface area contributed by atoms with Crippen molar-refractivity contribution < 1.29 is 14.3 Å². The van der Waals surface area contributed by atoms with Gasteiger partial charge in [0.1, 0.15) is 6.04 Å². The van der Waals surface area contributed by atoms with Crippen LogP contribution < -0.4 is 10.6 Å². The zero-order valence-electron chi connectivity index (χ0n) is 12.9. The Labute approximate surface area is 126 Å². The molecule has 1 rings (SSSR count). The highest BCUT2D eigenvalue weighted by Gasteiger charge is 2.19. The van der Waals surface area contributed by atoms with Crippen molar-refractivity contribution in [3.05, 3.63) is 35.9 Å². The van der Waals surface area contributed by atoms with Crippen molar-refractivity contribution in [3.63, 3.8) is 0 Å². The Kier molecular flexibility index (Phi) is 7.46. The van der Waals surface area contributed by atoms with Crippen LogP contribution in [0.25, 0.3) is 0 Å². The summed E-state index contributed by atoms with van der Waals surface area (Å²) < 4.78 is 4.67. The van der Waals surface area contributed by atoms with Gasteiger partial charge in [-0.1, -0.05) is 37.3 Å². The largest absolute Gasteiger partial charge is 0.467 e. The molecule has 1 amide bonds. The predicted octanol–water partition coefficient (Wildman–Crippen LogP) is 1.45. The Hall–Kier alpha value is -1.88. The van der Waals surface area contributed by atoms with Crippen molar-refractivity contribution in [1.82, 2.24) is 10.6 Å². The SMILES string of the molecule is COC(=O)C(CNCCC(C)c1ccccc1)NC(C)=O. The summed E-state index contributed by atoms with van der Waals surface area (Å²) in [6, 6.07) is 9.65. The molecular weight excluding hydrogens is 268 g/mol. The normalized spacial score (nSPS) is 13.3. The van der Waals surface area contributed by atoms with E-state index in [2.05, 4.69) is 34.4 Å². The van der Waals surface area contributed by atoms with Crippen molar-refractivity contribution in [2.24, 2.45) is 0 Å². The molecule has 2 unspecified atom stereocenters. The average Bonchev–Trinajstić information content (AvgIpc) is 2.49. The van der Waals surface area contributed by atoms with E-state index in [1.54, 1.807) is 0 Å². The average molecular weight is 292 g/mol. The first-order valence-corrected chi connectivity index (χ1v) is 7.15. The topological polar surface area (TPSA) is 67.4 Å². The summed E-state index contributed by atoms with van der Waals surface area (Å²) >= 11 is 0. The standard InChI is InChI=1S/C16H24N2O3/c1-12(14-7-5-4-6-8-14)9-10-17-11-15(16(20)21-3)18-13(2)19/h4-8,12,15,17H,9-11H2,1-3H3,(H,18,19). The zero-order chi connectivity index (χ0) is 15.7. The lowest BCUT2D eigenvalue weighted by Gasteiger charge is -2.17. The first-order valence-electron chi connectivity index (χ1n) is 7.15. The lowest BCUT2D eigenvalue weighted by Crippen LogP contribution is -2.47. The summed E-state index contributed by atoms with van der Waals surface area (Å²) in [5, 5.41) is 5.77. The van der Waals surface area contributed by atoms with Gasteiger partial charge in [-0.3, -0.25) is 4.79 Å². The van der Waals surface area contributed by atoms with E-state index in [0.717, 1.165) is 13.0 Å². The number of nitrogens with one attached hydrogen (secondary N) is 2. The van der Waals surface area contributed by atoms with Crippen LogP contribution >= 0.6 is 0 Å². The van der Waals surface area contributed by atoms with Crippen LogP contribution in [0.4, 0.5) is 0 Å². The molecule has 0 bridgehead atoms. The quantitative estimate of drug-likeness (QED) is 0.562. The molecule has 0 heterocycles. The van der Waals surface area contributed by atoms with Gasteiger partial charge in [0.25, 0.3) is 0 Å². The van der Waals surface area contributed by atoms with Crippen LogP contribution in [0, 0.1) is 0 Å². The second kappa shape index (κ2) is 9.13. The van der Waals surface area contributed by atoms with Crippen molar-refractivity contribution in [2.75, 3.05) is 20.2 Å². The number of carbonyl (C=O) groups excluding carboxylic acids is 2. The number of amides is 1. The van der Waals surface area contributed by atoms with Gasteiger partial charge < -0.3 is 15.4 Å². The third-order valence-corrected chi connectivity index (χ3v) is 3.33. The molecular formula is C16H24N2O3. The molecule has 2 N–H and O–H groups in total. The van der Waals surface area contributed by atoms with Gasteiger partial charge >= 0.3 is 5.97 Å². The minimum atomic E-state index is -0.639. The van der Waals surface area contributed by atoms with E-state index in [9.17, 15) is 9.59 Å². The summed E-state index contributed by atoms with van der Waals surface area (Å²) in [5.41, 5.74) is 1.30. The van der Waals surface area contributed by atoms with Crippen molar-refractivity contribution in [1.29, 1.82) is 0 Å². The number of hydrogen-bond donors (Lipinski definition) is 2. The molecule has 5 heteroatoms. The maximum absolute atomic E-state index is 11.5. The van der Waals surface area contributed by atoms with E-state index in [4.69, 9.17) is 0 Å². The van der Waals surface area contributed by atoms with Gasteiger partial charge in [0.05, 0.1) is 7.11 Å². The molecule has 0 aliphatic carbocycles. The van der Waals surface area contributed by atoms with Gasteiger partial charge in [0.15, 0.2) is 0 Å². The summed E-state index contributed by atoms with van der Waals surface area (Å²) in [4.78, 5) is 22.6. The van der Waals surface area contributed by atoms with E-state index >= 15 is 0 Å². The maximum Gasteiger partial charge on any atom is 0.329 e. The van der Waals surface area contributed by atoms with Crippen molar-refractivity contribution >= 4 is 11.9 Å². The van der Waals surface area contributed by atoms with Gasteiger partial charge in [-0.15, -0.1) is 0 Å². The fourth-order valence-corrected chi connectivity index (χ4v) is 2.09. The third kappa shape index (κ3) is 6.40. The molecule has 0 aliphatic rings. The van der Waals surface area contributed by atoms with E-state index in [1.165, 1.54) is 19.6 Å². The second-order valence-electron chi connectivity index (χ2n) is 5.08. The first kappa shape index (κ1) is 17.2. The molecule has 0 aliphatic heterocycles. The fraction of sp³-hybridized carbons (Fsp3) is 0.500. The van der Waals surface area contributed by atoms with Crippen LogP contribution in [0.2, 0.25) is 0 Å². The highest BCUT2D eigenvalue weighted by molar-refractivity contribution is 5.83. The first-order chi connectivity index (χ1) is 10.0. The summed E-state index contributed by atoms with van der Waals surface area (Å²) in [6.07, 6.45) is 0.956. The number of carbonyl (C=O) groups is 2. The molecule has 0 radical (unpaired) electrons. The van der Waals surface area contributed by atoms with Crippen molar-refractivity contribution in [2.45, 2.75) is 32.2 Å². The molecule has 1 aromatic carbocycles. The second-order valence-corrected chi connectivity index (χ2v) is 5.08. The molecule has 5 nitrogen and oxygen atoms in total. The highest BCUT2D eigenvalue weighted by Crippen LogP contribution is 2.17. The predicted molar refractivity (Wildman–Crippen MR) is 82.0 cm³/mol. The minimum absolute atomic E-state index is 0.246. The van der Waals surface area contributed by atoms with Gasteiger partial charge in [0, 0.05) is 13.5 Å². The summed E-state index contributed by atoms with van der Waals surface area (Å²) in [6.45, 7) is 4.69. The number of methoxy groups -OCH3 is 1. The number of rotatable bonds is 8. The van der Waals surface area contributed by atoms with Crippen LogP contribution in [0.5, 0.6) is 0 Å². The number of esters is 1. The van der Waals surface area contributed by atoms with Gasteiger partial charge in [-0.2, -0.15) is 0 Å². The van der Waals surface area contributed by atoms with Crippen molar-refractivity contribution in [3.8, 4) is 0 Å². The van der Waals surface area contributed by atoms with Crippen LogP contribution in [0.3, 0.4) is 0 Å². The monoisotopic (exact) mass is 292 g/mol. The van der Waals surface area contributed by atoms with E-state index in [0.29, 0.717) is 12.5 Å². The molecule has 0 aromatic heterocycles. The van der Waals surface area contributed by atoms with Crippen LogP contribution in [0.15, 0.2) is 30.3 Å². The molecule has 116 valence electrons. The van der Waals surface area contributed by atoms with Gasteiger partial charge in [-0.25, -0.2) is 4.79 Å². The van der Waals surface area contributed by atoms with Gasteiger partial charge in [-0.05, 0) is 24.4 Å². The molecule has 2 atom stereocenters. The Balaban J connectivity index is 2.34. The van der Waals surface area contributed by atoms with Crippen LogP contribution in [-0.2, 0) is 14.3 Å². The van der Waals surface area contributed by atoms with Crippen LogP contribution in [0.1, 0.15) is 31.7 Å². The fourth-order valence-electron chi connectivity index (χ4n) is 2.09. The molecule has 0 saturated heterocycles. The molecule has 0 fully saturated rings. The summed E-state index contributed by atoms with van der Waals surface area (Å²) in [7, 11) is 1.31. The lowest BCUT2D eigenvalue weighted by atomic mass is 9.98. The highest BCUT2D eigenvalue weighted by atomic mass is 16.5. The Morgan fingerprint density at radius 1 is 1.24 bits per heavy atom. The van der Waals surface area contributed by atoms with E-state index in [1.807, 2.05) is 18.2 Å². The third-order valence-electron chi connectivity index (χ3n) is 3.33. The number of ether oxygens (including phenoxy) is 1. The number of benzene rings is 1. The maximum atomic E-state index is 11.5. The van der Waals surface area contributed by atoms with E-state index in [-0.39, 0.29) is 5.91 Å². The number of hydrogen-bond acceptors (Lipinski definition) is 4.